The summed E-state index contributed by atoms with van der Waals surface area (Å²) in [6.45, 7) is 0.430. The zero-order valence-corrected chi connectivity index (χ0v) is 15.3. The number of fused-ring (bicyclic) bond motifs is 2. The summed E-state index contributed by atoms with van der Waals surface area (Å²) in [6.07, 6.45) is 0. The molecule has 1 N–H and O–H groups in total. The number of nitriles is 1. The first-order chi connectivity index (χ1) is 11.8. The second kappa shape index (κ2) is 6.06. The molecule has 0 radical (unpaired) electrons. The van der Waals surface area contributed by atoms with Gasteiger partial charge < -0.3 is 15.0 Å². The number of halogens is 1. The van der Waals surface area contributed by atoms with Crippen molar-refractivity contribution in [3.8, 4) is 6.07 Å². The van der Waals surface area contributed by atoms with Crippen LogP contribution in [0.25, 0.3) is 0 Å². The molecule has 1 aromatic rings. The van der Waals surface area contributed by atoms with Crippen molar-refractivity contribution in [1.29, 1.82) is 5.26 Å². The summed E-state index contributed by atoms with van der Waals surface area (Å²) in [6, 6.07) is 9.07. The van der Waals surface area contributed by atoms with E-state index in [-0.39, 0.29) is 11.5 Å². The van der Waals surface area contributed by atoms with E-state index in [0.717, 1.165) is 0 Å². The molecule has 0 aliphatic carbocycles. The van der Waals surface area contributed by atoms with Crippen LogP contribution in [0.5, 0.6) is 0 Å². The van der Waals surface area contributed by atoms with E-state index in [2.05, 4.69) is 11.4 Å². The molecule has 6 nitrogen and oxygen atoms in total. The maximum Gasteiger partial charge on any atom is 0.323 e. The Labute approximate surface area is 155 Å². The van der Waals surface area contributed by atoms with Crippen LogP contribution >= 0.6 is 23.8 Å². The summed E-state index contributed by atoms with van der Waals surface area (Å²) in [5.41, 5.74) is -2.13. The van der Waals surface area contributed by atoms with E-state index < -0.39 is 28.6 Å². The van der Waals surface area contributed by atoms with Gasteiger partial charge in [0.1, 0.15) is 10.4 Å². The maximum absolute atomic E-state index is 12.9. The van der Waals surface area contributed by atoms with E-state index in [1.807, 2.05) is 0 Å². The summed E-state index contributed by atoms with van der Waals surface area (Å²) in [5, 5.41) is 13.1. The van der Waals surface area contributed by atoms with E-state index >= 15 is 0 Å². The number of nitrogens with zero attached hydrogens (tertiary/aromatic N) is 2. The highest BCUT2D eigenvalue weighted by Gasteiger charge is 2.69. The molecule has 0 spiro atoms. The minimum atomic E-state index is -1.56. The topological polar surface area (TPSA) is 82.4 Å². The van der Waals surface area contributed by atoms with Crippen molar-refractivity contribution < 1.29 is 14.3 Å². The first kappa shape index (κ1) is 17.8. The van der Waals surface area contributed by atoms with Crippen molar-refractivity contribution in [3.63, 3.8) is 0 Å². The average molecular weight is 378 g/mol. The number of ether oxygens (including phenoxy) is 1. The lowest BCUT2D eigenvalue weighted by Gasteiger charge is -2.55. The minimum absolute atomic E-state index is 0.130. The van der Waals surface area contributed by atoms with Crippen LogP contribution in [-0.4, -0.2) is 49.0 Å². The summed E-state index contributed by atoms with van der Waals surface area (Å²) >= 11 is 11.3. The number of methoxy groups -OCH3 is 1. The Bertz CT molecular complexity index is 806. The Morgan fingerprint density at radius 3 is 2.64 bits per heavy atom. The second-order valence-electron chi connectivity index (χ2n) is 6.49. The highest BCUT2D eigenvalue weighted by molar-refractivity contribution is 7.80. The van der Waals surface area contributed by atoms with E-state index in [1.165, 1.54) is 7.11 Å². The number of esters is 1. The minimum Gasteiger partial charge on any atom is -0.468 e. The molecule has 0 aromatic heterocycles. The van der Waals surface area contributed by atoms with Gasteiger partial charge in [0.15, 0.2) is 5.41 Å². The molecular formula is C17H16ClN3O3S. The van der Waals surface area contributed by atoms with Crippen molar-refractivity contribution >= 4 is 40.7 Å². The number of likely N-dealkylation sites (tertiary alicyclic amines) is 1. The molecular weight excluding hydrogens is 362 g/mol. The molecule has 2 heterocycles. The Kier molecular flexibility index (Phi) is 4.31. The number of carbonyl (C=O) groups excluding carboxylic acids is 2. The molecule has 3 unspecified atom stereocenters. The molecule has 3 atom stereocenters. The molecule has 2 bridgehead atoms. The first-order valence-electron chi connectivity index (χ1n) is 7.61. The SMILES string of the molecule is COC(=O)C12CN(C)CC(C#N)(C(=S)NC1=O)C2c1ccc(Cl)cc1. The van der Waals surface area contributed by atoms with Crippen molar-refractivity contribution in [2.24, 2.45) is 10.8 Å². The number of amides is 1. The fourth-order valence-corrected chi connectivity index (χ4v) is 4.52. The number of rotatable bonds is 2. The van der Waals surface area contributed by atoms with Gasteiger partial charge in [-0.1, -0.05) is 36.0 Å². The van der Waals surface area contributed by atoms with E-state index in [1.54, 1.807) is 36.2 Å². The monoisotopic (exact) mass is 377 g/mol. The zero-order valence-electron chi connectivity index (χ0n) is 13.7. The molecule has 1 amide bonds. The van der Waals surface area contributed by atoms with Gasteiger partial charge in [-0.25, -0.2) is 0 Å². The molecule has 2 aliphatic heterocycles. The fourth-order valence-electron chi connectivity index (χ4n) is 4.07. The van der Waals surface area contributed by atoms with E-state index in [4.69, 9.17) is 28.6 Å². The van der Waals surface area contributed by atoms with Crippen molar-refractivity contribution in [2.45, 2.75) is 5.92 Å². The third-order valence-electron chi connectivity index (χ3n) is 5.01. The van der Waals surface area contributed by atoms with Crippen molar-refractivity contribution in [2.75, 3.05) is 27.2 Å². The number of hydrogen-bond acceptors (Lipinski definition) is 6. The van der Waals surface area contributed by atoms with Gasteiger partial charge in [0.05, 0.1) is 13.2 Å². The Balaban J connectivity index is 2.32. The smallest absolute Gasteiger partial charge is 0.323 e. The summed E-state index contributed by atoms with van der Waals surface area (Å²) in [4.78, 5) is 27.6. The van der Waals surface area contributed by atoms with Crippen LogP contribution in [0.1, 0.15) is 11.5 Å². The predicted octanol–water partition coefficient (Wildman–Crippen LogP) is 1.50. The third kappa shape index (κ3) is 2.36. The van der Waals surface area contributed by atoms with Crippen LogP contribution < -0.4 is 5.32 Å². The molecule has 130 valence electrons. The molecule has 2 saturated heterocycles. The molecule has 2 fully saturated rings. The van der Waals surface area contributed by atoms with Gasteiger partial charge in [-0.2, -0.15) is 5.26 Å². The van der Waals surface area contributed by atoms with Crippen LogP contribution in [0.3, 0.4) is 0 Å². The quantitative estimate of drug-likeness (QED) is 0.478. The first-order valence-corrected chi connectivity index (χ1v) is 8.40. The van der Waals surface area contributed by atoms with Gasteiger partial charge in [0, 0.05) is 24.0 Å². The van der Waals surface area contributed by atoms with Gasteiger partial charge in [-0.05, 0) is 24.7 Å². The van der Waals surface area contributed by atoms with Gasteiger partial charge in [-0.3, -0.25) is 9.59 Å². The number of hydrogen-bond donors (Lipinski definition) is 1. The third-order valence-corrected chi connectivity index (χ3v) is 5.73. The van der Waals surface area contributed by atoms with Crippen LogP contribution in [0.15, 0.2) is 24.3 Å². The lowest BCUT2D eigenvalue weighted by atomic mass is 9.54. The summed E-state index contributed by atoms with van der Waals surface area (Å²) in [5.74, 6) is -1.98. The van der Waals surface area contributed by atoms with E-state index in [0.29, 0.717) is 17.1 Å². The second-order valence-corrected chi connectivity index (χ2v) is 7.33. The largest absolute Gasteiger partial charge is 0.468 e. The number of thiocarbonyl (C=S) groups is 1. The van der Waals surface area contributed by atoms with Crippen molar-refractivity contribution in [3.05, 3.63) is 34.9 Å². The average Bonchev–Trinajstić information content (AvgIpc) is 2.59. The Hall–Kier alpha value is -2.01. The summed E-state index contributed by atoms with van der Waals surface area (Å²) in [7, 11) is 2.99. The van der Waals surface area contributed by atoms with Gasteiger partial charge in [0.25, 0.3) is 0 Å². The van der Waals surface area contributed by atoms with Crippen LogP contribution in [0, 0.1) is 22.2 Å². The molecule has 8 heteroatoms. The Morgan fingerprint density at radius 1 is 1.44 bits per heavy atom. The lowest BCUT2D eigenvalue weighted by Crippen LogP contribution is -2.73. The van der Waals surface area contributed by atoms with Gasteiger partial charge in [-0.15, -0.1) is 0 Å². The van der Waals surface area contributed by atoms with E-state index in [9.17, 15) is 14.9 Å². The van der Waals surface area contributed by atoms with Crippen LogP contribution in [0.2, 0.25) is 5.02 Å². The van der Waals surface area contributed by atoms with Crippen molar-refractivity contribution in [1.82, 2.24) is 10.2 Å². The number of carbonyl (C=O) groups is 2. The lowest BCUT2D eigenvalue weighted by molar-refractivity contribution is -0.168. The number of nitrogens with one attached hydrogen (secondary N) is 1. The van der Waals surface area contributed by atoms with Gasteiger partial charge >= 0.3 is 5.97 Å². The molecule has 25 heavy (non-hydrogen) atoms. The number of benzene rings is 1. The highest BCUT2D eigenvalue weighted by Crippen LogP contribution is 2.55. The van der Waals surface area contributed by atoms with Crippen LogP contribution in [-0.2, 0) is 14.3 Å². The standard InChI is InChI=1S/C17H16ClN3O3S/c1-21-8-16(7-19)12(10-3-5-11(18)6-4-10)17(9-21,15(23)24-2)13(22)20-14(16)25/h3-6,12H,8-9H2,1-2H3,(H,20,22,25). The Morgan fingerprint density at radius 2 is 2.08 bits per heavy atom. The zero-order chi connectivity index (χ0) is 18.4. The normalized spacial score (nSPS) is 31.8. The highest BCUT2D eigenvalue weighted by atomic mass is 35.5. The molecule has 2 aliphatic rings. The number of piperidine rings is 2. The van der Waals surface area contributed by atoms with Gasteiger partial charge in [0.2, 0.25) is 5.91 Å². The fraction of sp³-hybridized carbons (Fsp3) is 0.412. The summed E-state index contributed by atoms with van der Waals surface area (Å²) < 4.78 is 4.98. The maximum atomic E-state index is 12.9. The molecule has 3 rings (SSSR count). The molecule has 1 aromatic carbocycles. The molecule has 0 saturated carbocycles. The predicted molar refractivity (Wildman–Crippen MR) is 94.9 cm³/mol. The van der Waals surface area contributed by atoms with Crippen LogP contribution in [0.4, 0.5) is 0 Å².